The van der Waals surface area contributed by atoms with Crippen LogP contribution in [0.3, 0.4) is 0 Å². The molecule has 1 aliphatic heterocycles. The summed E-state index contributed by atoms with van der Waals surface area (Å²) in [6, 6.07) is 3.78. The predicted octanol–water partition coefficient (Wildman–Crippen LogP) is 3.19. The van der Waals surface area contributed by atoms with Gasteiger partial charge in [0.2, 0.25) is 0 Å². The highest BCUT2D eigenvalue weighted by atomic mass is 16.5. The van der Waals surface area contributed by atoms with Crippen molar-refractivity contribution in [3.05, 3.63) is 34.9 Å². The Kier molecular flexibility index (Phi) is 4.47. The molecule has 7 heteroatoms. The summed E-state index contributed by atoms with van der Waals surface area (Å²) in [5, 5.41) is 4.73. The van der Waals surface area contributed by atoms with Crippen molar-refractivity contribution in [1.29, 1.82) is 0 Å². The Hall–Kier alpha value is -2.67. The number of hydrogen-bond acceptors (Lipinski definition) is 6. The zero-order valence-electron chi connectivity index (χ0n) is 16.2. The van der Waals surface area contributed by atoms with E-state index in [4.69, 9.17) is 8.94 Å². The zero-order chi connectivity index (χ0) is 19.1. The number of fused-ring (bicyclic) bond motifs is 1. The van der Waals surface area contributed by atoms with Gasteiger partial charge in [-0.25, -0.2) is 4.98 Å². The third kappa shape index (κ3) is 3.12. The van der Waals surface area contributed by atoms with E-state index >= 15 is 0 Å². The van der Waals surface area contributed by atoms with Gasteiger partial charge < -0.3 is 18.7 Å². The average molecular weight is 368 g/mol. The highest BCUT2D eigenvalue weighted by Gasteiger charge is 2.26. The molecule has 1 saturated heterocycles. The Labute approximate surface area is 157 Å². The minimum atomic E-state index is 0.00331. The maximum absolute atomic E-state index is 13.3. The fourth-order valence-electron chi connectivity index (χ4n) is 3.72. The summed E-state index contributed by atoms with van der Waals surface area (Å²) >= 11 is 0. The topological polar surface area (TPSA) is 75.6 Å². The van der Waals surface area contributed by atoms with Crippen LogP contribution >= 0.6 is 0 Å². The maximum Gasteiger partial charge on any atom is 0.259 e. The second kappa shape index (κ2) is 6.81. The number of amides is 1. The van der Waals surface area contributed by atoms with Crippen molar-refractivity contribution in [2.75, 3.05) is 32.7 Å². The van der Waals surface area contributed by atoms with E-state index in [2.05, 4.69) is 22.0 Å². The number of carbonyl (C=O) groups excluding carboxylic acids is 1. The first-order chi connectivity index (χ1) is 13.0. The van der Waals surface area contributed by atoms with Crippen LogP contribution in [-0.4, -0.2) is 58.6 Å². The maximum atomic E-state index is 13.3. The van der Waals surface area contributed by atoms with Crippen LogP contribution < -0.4 is 0 Å². The van der Waals surface area contributed by atoms with Crippen LogP contribution in [-0.2, 0) is 0 Å². The molecule has 0 aromatic carbocycles. The lowest BCUT2D eigenvalue weighted by atomic mass is 10.0. The molecule has 3 aromatic rings. The first-order valence-corrected chi connectivity index (χ1v) is 9.34. The van der Waals surface area contributed by atoms with Gasteiger partial charge in [-0.3, -0.25) is 4.79 Å². The van der Waals surface area contributed by atoms with Crippen LogP contribution in [0.25, 0.3) is 22.4 Å². The van der Waals surface area contributed by atoms with E-state index in [0.717, 1.165) is 49.8 Å². The van der Waals surface area contributed by atoms with Crippen molar-refractivity contribution < 1.29 is 13.7 Å². The Morgan fingerprint density at radius 3 is 2.52 bits per heavy atom. The van der Waals surface area contributed by atoms with Crippen LogP contribution in [0.5, 0.6) is 0 Å². The molecule has 0 radical (unpaired) electrons. The van der Waals surface area contributed by atoms with Crippen LogP contribution in [0.15, 0.2) is 21.1 Å². The number of aryl methyl sites for hydroxylation is 3. The molecule has 0 aliphatic carbocycles. The molecule has 7 nitrogen and oxygen atoms in total. The van der Waals surface area contributed by atoms with E-state index in [0.29, 0.717) is 28.1 Å². The lowest BCUT2D eigenvalue weighted by Crippen LogP contribution is -2.48. The zero-order valence-corrected chi connectivity index (χ0v) is 16.2. The largest absolute Gasteiger partial charge is 0.466 e. The molecule has 27 heavy (non-hydrogen) atoms. The molecule has 0 unspecified atom stereocenters. The first-order valence-electron chi connectivity index (χ1n) is 9.34. The van der Waals surface area contributed by atoms with Crippen molar-refractivity contribution >= 4 is 17.0 Å². The SMILES string of the molecule is CCN1CCN(C(=O)c2cc(-c3cc(C)oc3C)nc3onc(C)c23)CC1. The lowest BCUT2D eigenvalue weighted by Gasteiger charge is -2.34. The summed E-state index contributed by atoms with van der Waals surface area (Å²) in [5.41, 5.74) is 3.20. The number of rotatable bonds is 3. The quantitative estimate of drug-likeness (QED) is 0.707. The molecular weight excluding hydrogens is 344 g/mol. The van der Waals surface area contributed by atoms with Gasteiger partial charge in [-0.1, -0.05) is 12.1 Å². The minimum absolute atomic E-state index is 0.00331. The number of nitrogens with zero attached hydrogens (tertiary/aromatic N) is 4. The highest BCUT2D eigenvalue weighted by molar-refractivity contribution is 6.07. The van der Waals surface area contributed by atoms with Gasteiger partial charge in [0.25, 0.3) is 11.6 Å². The van der Waals surface area contributed by atoms with Crippen molar-refractivity contribution in [1.82, 2.24) is 19.9 Å². The summed E-state index contributed by atoms with van der Waals surface area (Å²) < 4.78 is 11.0. The Morgan fingerprint density at radius 1 is 1.15 bits per heavy atom. The standard InChI is InChI=1S/C20H24N4O3/c1-5-23-6-8-24(9-7-23)20(25)16-11-17(15-10-12(2)26-14(15)4)21-19-18(16)13(3)22-27-19/h10-11H,5-9H2,1-4H3. The van der Waals surface area contributed by atoms with Crippen molar-refractivity contribution in [2.45, 2.75) is 27.7 Å². The van der Waals surface area contributed by atoms with Gasteiger partial charge in [0, 0.05) is 31.7 Å². The van der Waals surface area contributed by atoms with E-state index in [9.17, 15) is 4.79 Å². The molecule has 142 valence electrons. The predicted molar refractivity (Wildman–Crippen MR) is 102 cm³/mol. The smallest absolute Gasteiger partial charge is 0.259 e. The normalized spacial score (nSPS) is 15.6. The highest BCUT2D eigenvalue weighted by Crippen LogP contribution is 2.31. The molecule has 0 atom stereocenters. The van der Waals surface area contributed by atoms with Crippen molar-refractivity contribution in [3.8, 4) is 11.3 Å². The Balaban J connectivity index is 1.78. The molecule has 1 amide bonds. The van der Waals surface area contributed by atoms with Gasteiger partial charge >= 0.3 is 0 Å². The summed E-state index contributed by atoms with van der Waals surface area (Å²) in [6.45, 7) is 12.0. The lowest BCUT2D eigenvalue weighted by molar-refractivity contribution is 0.0645. The molecule has 4 heterocycles. The Morgan fingerprint density at radius 2 is 1.89 bits per heavy atom. The van der Waals surface area contributed by atoms with E-state index in [1.165, 1.54) is 0 Å². The number of pyridine rings is 1. The Bertz CT molecular complexity index is 996. The number of furan rings is 1. The fraction of sp³-hybridized carbons (Fsp3) is 0.450. The molecule has 1 aliphatic rings. The van der Waals surface area contributed by atoms with E-state index in [1.54, 1.807) is 0 Å². The van der Waals surface area contributed by atoms with E-state index < -0.39 is 0 Å². The third-order valence-corrected chi connectivity index (χ3v) is 5.27. The molecule has 1 fully saturated rings. The molecule has 0 N–H and O–H groups in total. The number of hydrogen-bond donors (Lipinski definition) is 0. The summed E-state index contributed by atoms with van der Waals surface area (Å²) in [6.07, 6.45) is 0. The second-order valence-electron chi connectivity index (χ2n) is 7.06. The molecule has 0 saturated carbocycles. The van der Waals surface area contributed by atoms with E-state index in [1.807, 2.05) is 37.8 Å². The van der Waals surface area contributed by atoms with Gasteiger partial charge in [-0.2, -0.15) is 0 Å². The monoisotopic (exact) mass is 368 g/mol. The van der Waals surface area contributed by atoms with Gasteiger partial charge in [0.1, 0.15) is 11.5 Å². The summed E-state index contributed by atoms with van der Waals surface area (Å²) in [5.74, 6) is 1.58. The van der Waals surface area contributed by atoms with E-state index in [-0.39, 0.29) is 5.91 Å². The summed E-state index contributed by atoms with van der Waals surface area (Å²) in [7, 11) is 0. The fourth-order valence-corrected chi connectivity index (χ4v) is 3.72. The number of piperazine rings is 1. The van der Waals surface area contributed by atoms with Crippen LogP contribution in [0.2, 0.25) is 0 Å². The first kappa shape index (κ1) is 17.7. The molecule has 4 rings (SSSR count). The molecular formula is C20H24N4O3. The molecule has 0 spiro atoms. The second-order valence-corrected chi connectivity index (χ2v) is 7.06. The number of likely N-dealkylation sites (N-methyl/N-ethyl adjacent to an activating group) is 1. The molecule has 0 bridgehead atoms. The van der Waals surface area contributed by atoms with Gasteiger partial charge in [0.15, 0.2) is 0 Å². The van der Waals surface area contributed by atoms with Gasteiger partial charge in [-0.15, -0.1) is 0 Å². The molecule has 3 aromatic heterocycles. The minimum Gasteiger partial charge on any atom is -0.466 e. The average Bonchev–Trinajstić information content (AvgIpc) is 3.22. The van der Waals surface area contributed by atoms with Crippen LogP contribution in [0.1, 0.15) is 34.5 Å². The van der Waals surface area contributed by atoms with Crippen molar-refractivity contribution in [3.63, 3.8) is 0 Å². The van der Waals surface area contributed by atoms with Crippen LogP contribution in [0, 0.1) is 20.8 Å². The van der Waals surface area contributed by atoms with Gasteiger partial charge in [-0.05, 0) is 39.4 Å². The third-order valence-electron chi connectivity index (χ3n) is 5.27. The van der Waals surface area contributed by atoms with Crippen molar-refractivity contribution in [2.24, 2.45) is 0 Å². The summed E-state index contributed by atoms with van der Waals surface area (Å²) in [4.78, 5) is 22.2. The number of carbonyl (C=O) groups is 1. The number of aromatic nitrogens is 2. The van der Waals surface area contributed by atoms with Crippen LogP contribution in [0.4, 0.5) is 0 Å². The van der Waals surface area contributed by atoms with Gasteiger partial charge in [0.05, 0.1) is 22.3 Å².